The Hall–Kier alpha value is -2.33. The summed E-state index contributed by atoms with van der Waals surface area (Å²) in [5.41, 5.74) is 8.41. The van der Waals surface area contributed by atoms with E-state index in [0.717, 1.165) is 17.7 Å². The number of nitrogens with two attached hydrogens (primary N) is 1. The van der Waals surface area contributed by atoms with Gasteiger partial charge < -0.3 is 15.2 Å². The number of hydrogen-bond acceptors (Lipinski definition) is 4. The summed E-state index contributed by atoms with van der Waals surface area (Å²) >= 11 is 0. The minimum atomic E-state index is -0.345. The van der Waals surface area contributed by atoms with Crippen LogP contribution in [0.25, 0.3) is 0 Å². The second-order valence-electron chi connectivity index (χ2n) is 5.31. The molecule has 0 saturated carbocycles. The summed E-state index contributed by atoms with van der Waals surface area (Å²) in [6, 6.07) is 15.3. The van der Waals surface area contributed by atoms with Crippen LogP contribution in [0.2, 0.25) is 0 Å². The summed E-state index contributed by atoms with van der Waals surface area (Å²) in [6.45, 7) is 2.39. The van der Waals surface area contributed by atoms with Crippen LogP contribution in [0.5, 0.6) is 5.75 Å². The first kappa shape index (κ1) is 16.0. The Morgan fingerprint density at radius 1 is 1.14 bits per heavy atom. The van der Waals surface area contributed by atoms with Crippen LogP contribution in [0.1, 0.15) is 28.4 Å². The van der Waals surface area contributed by atoms with E-state index in [-0.39, 0.29) is 12.0 Å². The molecule has 0 aliphatic carbocycles. The number of hydrogen-bond donors (Lipinski definition) is 1. The van der Waals surface area contributed by atoms with Crippen LogP contribution >= 0.6 is 0 Å². The average molecular weight is 299 g/mol. The second kappa shape index (κ2) is 7.61. The third-order valence-electron chi connectivity index (χ3n) is 3.23. The third-order valence-corrected chi connectivity index (χ3v) is 3.23. The Kier molecular flexibility index (Phi) is 5.55. The maximum Gasteiger partial charge on any atom is 0.337 e. The van der Waals surface area contributed by atoms with Gasteiger partial charge in [0.1, 0.15) is 12.4 Å². The first-order valence-electron chi connectivity index (χ1n) is 7.23. The molecule has 2 aromatic carbocycles. The van der Waals surface area contributed by atoms with Crippen LogP contribution < -0.4 is 10.5 Å². The number of benzene rings is 2. The third kappa shape index (κ3) is 4.60. The molecule has 0 aromatic heterocycles. The molecule has 0 radical (unpaired) electrons. The standard InChI is InChI=1S/C18H21NO3/c1-13(19)10-14-6-8-17(9-7-14)22-12-15-4-3-5-16(11-15)18(20)21-2/h3-9,11,13H,10,12,19H2,1-2H3. The van der Waals surface area contributed by atoms with Gasteiger partial charge in [0.15, 0.2) is 0 Å². The van der Waals surface area contributed by atoms with Gasteiger partial charge in [0.2, 0.25) is 0 Å². The number of ether oxygens (including phenoxy) is 2. The van der Waals surface area contributed by atoms with Crippen LogP contribution in [0.15, 0.2) is 48.5 Å². The van der Waals surface area contributed by atoms with Crippen LogP contribution in [0.4, 0.5) is 0 Å². The molecule has 0 fully saturated rings. The van der Waals surface area contributed by atoms with Gasteiger partial charge in [0.25, 0.3) is 0 Å². The van der Waals surface area contributed by atoms with E-state index >= 15 is 0 Å². The zero-order chi connectivity index (χ0) is 15.9. The van der Waals surface area contributed by atoms with E-state index in [9.17, 15) is 4.79 Å². The summed E-state index contributed by atoms with van der Waals surface area (Å²) in [7, 11) is 1.37. The first-order chi connectivity index (χ1) is 10.6. The summed E-state index contributed by atoms with van der Waals surface area (Å²) in [6.07, 6.45) is 0.849. The van der Waals surface area contributed by atoms with Gasteiger partial charge in [-0.05, 0) is 48.7 Å². The van der Waals surface area contributed by atoms with Crippen molar-refractivity contribution in [3.63, 3.8) is 0 Å². The summed E-state index contributed by atoms with van der Waals surface area (Å²) < 4.78 is 10.4. The monoisotopic (exact) mass is 299 g/mol. The topological polar surface area (TPSA) is 61.5 Å². The lowest BCUT2D eigenvalue weighted by atomic mass is 10.1. The number of rotatable bonds is 6. The highest BCUT2D eigenvalue weighted by atomic mass is 16.5. The van der Waals surface area contributed by atoms with Gasteiger partial charge in [-0.2, -0.15) is 0 Å². The van der Waals surface area contributed by atoms with Crippen molar-refractivity contribution in [3.8, 4) is 5.75 Å². The lowest BCUT2D eigenvalue weighted by molar-refractivity contribution is 0.0600. The molecule has 1 atom stereocenters. The molecule has 4 heteroatoms. The Morgan fingerprint density at radius 3 is 2.50 bits per heavy atom. The highest BCUT2D eigenvalue weighted by Crippen LogP contribution is 2.16. The molecule has 0 aliphatic heterocycles. The van der Waals surface area contributed by atoms with Gasteiger partial charge in [-0.1, -0.05) is 24.3 Å². The van der Waals surface area contributed by atoms with E-state index in [1.165, 1.54) is 12.7 Å². The van der Waals surface area contributed by atoms with Crippen molar-refractivity contribution in [2.45, 2.75) is 26.0 Å². The summed E-state index contributed by atoms with van der Waals surface area (Å²) in [5, 5.41) is 0. The Morgan fingerprint density at radius 2 is 1.86 bits per heavy atom. The molecule has 0 saturated heterocycles. The molecule has 22 heavy (non-hydrogen) atoms. The lowest BCUT2D eigenvalue weighted by Gasteiger charge is -2.09. The summed E-state index contributed by atoms with van der Waals surface area (Å²) in [5.74, 6) is 0.444. The molecule has 1 unspecified atom stereocenters. The fourth-order valence-corrected chi connectivity index (χ4v) is 2.17. The molecule has 2 N–H and O–H groups in total. The predicted molar refractivity (Wildman–Crippen MR) is 85.9 cm³/mol. The fourth-order valence-electron chi connectivity index (χ4n) is 2.17. The molecule has 0 spiro atoms. The van der Waals surface area contributed by atoms with E-state index in [4.69, 9.17) is 15.2 Å². The largest absolute Gasteiger partial charge is 0.489 e. The van der Waals surface area contributed by atoms with Crippen molar-refractivity contribution >= 4 is 5.97 Å². The quantitative estimate of drug-likeness (QED) is 0.833. The van der Waals surface area contributed by atoms with Crippen molar-refractivity contribution in [3.05, 3.63) is 65.2 Å². The van der Waals surface area contributed by atoms with Gasteiger partial charge in [0.05, 0.1) is 12.7 Å². The number of carbonyl (C=O) groups is 1. The second-order valence-corrected chi connectivity index (χ2v) is 5.31. The molecule has 0 heterocycles. The Balaban J connectivity index is 1.96. The SMILES string of the molecule is COC(=O)c1cccc(COc2ccc(CC(C)N)cc2)c1. The zero-order valence-corrected chi connectivity index (χ0v) is 12.9. The fraction of sp³-hybridized carbons (Fsp3) is 0.278. The number of esters is 1. The van der Waals surface area contributed by atoms with Crippen molar-refractivity contribution in [1.29, 1.82) is 0 Å². The van der Waals surface area contributed by atoms with Crippen LogP contribution in [-0.2, 0) is 17.8 Å². The molecular weight excluding hydrogens is 278 g/mol. The maximum absolute atomic E-state index is 11.5. The molecule has 0 amide bonds. The van der Waals surface area contributed by atoms with Crippen molar-refractivity contribution in [1.82, 2.24) is 0 Å². The molecule has 0 bridgehead atoms. The van der Waals surface area contributed by atoms with Gasteiger partial charge in [-0.3, -0.25) is 0 Å². The van der Waals surface area contributed by atoms with E-state index in [1.54, 1.807) is 12.1 Å². The molecule has 0 aliphatic rings. The summed E-state index contributed by atoms with van der Waals surface area (Å²) in [4.78, 5) is 11.5. The molecular formula is C18H21NO3. The minimum Gasteiger partial charge on any atom is -0.489 e. The lowest BCUT2D eigenvalue weighted by Crippen LogP contribution is -2.17. The van der Waals surface area contributed by atoms with Crippen molar-refractivity contribution in [2.24, 2.45) is 5.73 Å². The number of carbonyl (C=O) groups excluding carboxylic acids is 1. The predicted octanol–water partition coefficient (Wildman–Crippen LogP) is 2.94. The van der Waals surface area contributed by atoms with Gasteiger partial charge in [0, 0.05) is 6.04 Å². The maximum atomic E-state index is 11.5. The van der Waals surface area contributed by atoms with E-state index in [1.807, 2.05) is 43.3 Å². The smallest absolute Gasteiger partial charge is 0.337 e. The molecule has 2 aromatic rings. The van der Waals surface area contributed by atoms with Crippen LogP contribution in [0, 0.1) is 0 Å². The van der Waals surface area contributed by atoms with E-state index in [0.29, 0.717) is 12.2 Å². The van der Waals surface area contributed by atoms with Gasteiger partial charge >= 0.3 is 5.97 Å². The van der Waals surface area contributed by atoms with Crippen LogP contribution in [-0.4, -0.2) is 19.1 Å². The zero-order valence-electron chi connectivity index (χ0n) is 12.9. The molecule has 116 valence electrons. The Labute approximate surface area is 130 Å². The molecule has 4 nitrogen and oxygen atoms in total. The molecule has 2 rings (SSSR count). The highest BCUT2D eigenvalue weighted by Gasteiger charge is 2.06. The van der Waals surface area contributed by atoms with Crippen LogP contribution in [0.3, 0.4) is 0 Å². The van der Waals surface area contributed by atoms with E-state index < -0.39 is 0 Å². The number of methoxy groups -OCH3 is 1. The highest BCUT2D eigenvalue weighted by molar-refractivity contribution is 5.89. The van der Waals surface area contributed by atoms with Gasteiger partial charge in [-0.15, -0.1) is 0 Å². The van der Waals surface area contributed by atoms with Crippen molar-refractivity contribution < 1.29 is 14.3 Å². The normalized spacial score (nSPS) is 11.8. The van der Waals surface area contributed by atoms with Gasteiger partial charge in [-0.25, -0.2) is 4.79 Å². The van der Waals surface area contributed by atoms with E-state index in [2.05, 4.69) is 0 Å². The minimum absolute atomic E-state index is 0.146. The van der Waals surface area contributed by atoms with Crippen molar-refractivity contribution in [2.75, 3.05) is 7.11 Å². The Bertz CT molecular complexity index is 620. The first-order valence-corrected chi connectivity index (χ1v) is 7.23. The average Bonchev–Trinajstić information content (AvgIpc) is 2.53.